The van der Waals surface area contributed by atoms with Gasteiger partial charge in [-0.05, 0) is 35.7 Å². The van der Waals surface area contributed by atoms with Gasteiger partial charge in [-0.2, -0.15) is 0 Å². The average Bonchev–Trinajstić information content (AvgIpc) is 2.47. The molecule has 0 fully saturated rings. The zero-order valence-corrected chi connectivity index (χ0v) is 11.9. The molecule has 0 amide bonds. The quantitative estimate of drug-likeness (QED) is 0.807. The summed E-state index contributed by atoms with van der Waals surface area (Å²) in [5.41, 5.74) is 0. The van der Waals surface area contributed by atoms with E-state index in [2.05, 4.69) is 0 Å². The Labute approximate surface area is 122 Å². The van der Waals surface area contributed by atoms with Crippen LogP contribution in [0.15, 0.2) is 71.6 Å². The van der Waals surface area contributed by atoms with Gasteiger partial charge in [0.25, 0.3) is 0 Å². The average molecular weight is 299 g/mol. The number of rotatable bonds is 3. The highest BCUT2D eigenvalue weighted by atomic mass is 32.2. The Morgan fingerprint density at radius 1 is 0.810 bits per heavy atom. The van der Waals surface area contributed by atoms with Crippen LogP contribution in [0.3, 0.4) is 0 Å². The fourth-order valence-corrected chi connectivity index (χ4v) is 2.62. The lowest BCUT2D eigenvalue weighted by atomic mass is 10.1. The Kier molecular flexibility index (Phi) is 3.37. The molecular weight excluding hydrogens is 286 g/mol. The maximum Gasteiger partial charge on any atom is 0.238 e. The van der Waals surface area contributed by atoms with E-state index in [0.717, 1.165) is 16.5 Å². The molecule has 0 saturated heterocycles. The highest BCUT2D eigenvalue weighted by Gasteiger charge is 2.08. The van der Waals surface area contributed by atoms with E-state index in [1.807, 2.05) is 42.5 Å². The third-order valence-corrected chi connectivity index (χ3v) is 4.06. The number of hydrogen-bond donors (Lipinski definition) is 1. The largest absolute Gasteiger partial charge is 0.457 e. The summed E-state index contributed by atoms with van der Waals surface area (Å²) in [6.07, 6.45) is 0. The molecule has 0 aromatic heterocycles. The van der Waals surface area contributed by atoms with Gasteiger partial charge < -0.3 is 4.74 Å². The third kappa shape index (κ3) is 2.89. The Hall–Kier alpha value is -2.37. The Morgan fingerprint density at radius 3 is 2.19 bits per heavy atom. The van der Waals surface area contributed by atoms with E-state index in [-0.39, 0.29) is 4.90 Å². The first-order valence-corrected chi connectivity index (χ1v) is 7.87. The number of ether oxygens (including phenoxy) is 1. The van der Waals surface area contributed by atoms with E-state index < -0.39 is 10.0 Å². The van der Waals surface area contributed by atoms with Crippen molar-refractivity contribution in [1.82, 2.24) is 0 Å². The van der Waals surface area contributed by atoms with Crippen LogP contribution in [-0.2, 0) is 10.0 Å². The Bertz CT molecular complexity index is 882. The molecule has 0 aliphatic rings. The van der Waals surface area contributed by atoms with Gasteiger partial charge in [-0.15, -0.1) is 0 Å². The molecule has 0 spiro atoms. The second-order valence-electron chi connectivity index (χ2n) is 4.60. The summed E-state index contributed by atoms with van der Waals surface area (Å²) in [4.78, 5) is 0.0627. The third-order valence-electron chi connectivity index (χ3n) is 3.13. The Balaban J connectivity index is 1.96. The SMILES string of the molecule is NS(=O)(=O)c1ccc(Oc2cccc3ccccc23)cc1. The fraction of sp³-hybridized carbons (Fsp3) is 0. The number of hydrogen-bond acceptors (Lipinski definition) is 3. The summed E-state index contributed by atoms with van der Waals surface area (Å²) in [6.45, 7) is 0. The van der Waals surface area contributed by atoms with Crippen molar-refractivity contribution in [3.8, 4) is 11.5 Å². The van der Waals surface area contributed by atoms with Crippen LogP contribution < -0.4 is 9.88 Å². The molecule has 2 N–H and O–H groups in total. The molecule has 3 aromatic rings. The van der Waals surface area contributed by atoms with Crippen LogP contribution in [0.25, 0.3) is 10.8 Å². The number of sulfonamides is 1. The molecule has 0 atom stereocenters. The van der Waals surface area contributed by atoms with Crippen molar-refractivity contribution in [2.45, 2.75) is 4.90 Å². The predicted octanol–water partition coefficient (Wildman–Crippen LogP) is 3.28. The van der Waals surface area contributed by atoms with Gasteiger partial charge in [-0.1, -0.05) is 36.4 Å². The lowest BCUT2D eigenvalue weighted by molar-refractivity contribution is 0.488. The smallest absolute Gasteiger partial charge is 0.238 e. The number of primary sulfonamides is 1. The molecule has 21 heavy (non-hydrogen) atoms. The van der Waals surface area contributed by atoms with Gasteiger partial charge in [0.15, 0.2) is 0 Å². The van der Waals surface area contributed by atoms with E-state index >= 15 is 0 Å². The number of benzene rings is 3. The van der Waals surface area contributed by atoms with Crippen molar-refractivity contribution in [1.29, 1.82) is 0 Å². The highest BCUT2D eigenvalue weighted by molar-refractivity contribution is 7.89. The molecule has 0 saturated carbocycles. The van der Waals surface area contributed by atoms with Crippen LogP contribution in [-0.4, -0.2) is 8.42 Å². The van der Waals surface area contributed by atoms with Crippen molar-refractivity contribution in [3.05, 3.63) is 66.7 Å². The molecule has 4 nitrogen and oxygen atoms in total. The van der Waals surface area contributed by atoms with E-state index in [4.69, 9.17) is 9.88 Å². The molecule has 0 radical (unpaired) electrons. The van der Waals surface area contributed by atoms with Crippen LogP contribution >= 0.6 is 0 Å². The van der Waals surface area contributed by atoms with Crippen molar-refractivity contribution in [2.24, 2.45) is 5.14 Å². The van der Waals surface area contributed by atoms with Gasteiger partial charge in [0.2, 0.25) is 10.0 Å². The summed E-state index contributed by atoms with van der Waals surface area (Å²) in [7, 11) is -3.68. The minimum atomic E-state index is -3.68. The van der Waals surface area contributed by atoms with Crippen LogP contribution in [0.1, 0.15) is 0 Å². The molecule has 0 bridgehead atoms. The molecule has 0 heterocycles. The lowest BCUT2D eigenvalue weighted by Crippen LogP contribution is -2.11. The van der Waals surface area contributed by atoms with E-state index in [1.54, 1.807) is 12.1 Å². The summed E-state index contributed by atoms with van der Waals surface area (Å²) >= 11 is 0. The van der Waals surface area contributed by atoms with E-state index in [1.165, 1.54) is 12.1 Å². The molecule has 3 aromatic carbocycles. The zero-order valence-electron chi connectivity index (χ0n) is 11.1. The highest BCUT2D eigenvalue weighted by Crippen LogP contribution is 2.30. The van der Waals surface area contributed by atoms with Crippen molar-refractivity contribution in [2.75, 3.05) is 0 Å². The van der Waals surface area contributed by atoms with Gasteiger partial charge in [0.05, 0.1) is 4.90 Å². The minimum absolute atomic E-state index is 0.0627. The topological polar surface area (TPSA) is 69.4 Å². The molecule has 0 aliphatic heterocycles. The van der Waals surface area contributed by atoms with E-state index in [0.29, 0.717) is 5.75 Å². The summed E-state index contributed by atoms with van der Waals surface area (Å²) in [5, 5.41) is 7.14. The normalized spacial score (nSPS) is 11.5. The number of nitrogens with two attached hydrogens (primary N) is 1. The molecular formula is C16H13NO3S. The van der Waals surface area contributed by atoms with Crippen LogP contribution in [0, 0.1) is 0 Å². The van der Waals surface area contributed by atoms with Crippen LogP contribution in [0.5, 0.6) is 11.5 Å². The van der Waals surface area contributed by atoms with Gasteiger partial charge >= 0.3 is 0 Å². The van der Waals surface area contributed by atoms with Crippen molar-refractivity contribution in [3.63, 3.8) is 0 Å². The summed E-state index contributed by atoms with van der Waals surface area (Å²) < 4.78 is 28.3. The maximum atomic E-state index is 11.2. The first kappa shape index (κ1) is 13.6. The minimum Gasteiger partial charge on any atom is -0.457 e. The second-order valence-corrected chi connectivity index (χ2v) is 6.16. The fourth-order valence-electron chi connectivity index (χ4n) is 2.11. The van der Waals surface area contributed by atoms with E-state index in [9.17, 15) is 8.42 Å². The van der Waals surface area contributed by atoms with Gasteiger partial charge in [0.1, 0.15) is 11.5 Å². The molecule has 0 unspecified atom stereocenters. The monoisotopic (exact) mass is 299 g/mol. The molecule has 3 rings (SSSR count). The molecule has 5 heteroatoms. The predicted molar refractivity (Wildman–Crippen MR) is 81.8 cm³/mol. The first-order chi connectivity index (χ1) is 10.0. The summed E-state index contributed by atoms with van der Waals surface area (Å²) in [6, 6.07) is 19.7. The Morgan fingerprint density at radius 2 is 1.48 bits per heavy atom. The second kappa shape index (κ2) is 5.20. The number of fused-ring (bicyclic) bond motifs is 1. The zero-order chi connectivity index (χ0) is 14.9. The van der Waals surface area contributed by atoms with Gasteiger partial charge in [-0.3, -0.25) is 0 Å². The maximum absolute atomic E-state index is 11.2. The van der Waals surface area contributed by atoms with Gasteiger partial charge in [-0.25, -0.2) is 13.6 Å². The van der Waals surface area contributed by atoms with Gasteiger partial charge in [0, 0.05) is 5.39 Å². The molecule has 106 valence electrons. The van der Waals surface area contributed by atoms with Crippen molar-refractivity contribution < 1.29 is 13.2 Å². The standard InChI is InChI=1S/C16H13NO3S/c17-21(18,19)14-10-8-13(9-11-14)20-16-7-3-5-12-4-1-2-6-15(12)16/h1-11H,(H2,17,18,19). The van der Waals surface area contributed by atoms with Crippen LogP contribution in [0.4, 0.5) is 0 Å². The van der Waals surface area contributed by atoms with Crippen LogP contribution in [0.2, 0.25) is 0 Å². The first-order valence-electron chi connectivity index (χ1n) is 6.32. The lowest BCUT2D eigenvalue weighted by Gasteiger charge is -2.09. The van der Waals surface area contributed by atoms with Crippen molar-refractivity contribution >= 4 is 20.8 Å². The summed E-state index contributed by atoms with van der Waals surface area (Å²) in [5.74, 6) is 1.27. The molecule has 0 aliphatic carbocycles.